The van der Waals surface area contributed by atoms with Crippen molar-refractivity contribution >= 4 is 11.2 Å². The number of nitrogens with two attached hydrogens (primary N) is 1. The summed E-state index contributed by atoms with van der Waals surface area (Å²) in [6.45, 7) is 4.41. The van der Waals surface area contributed by atoms with Gasteiger partial charge < -0.3 is 10.3 Å². The van der Waals surface area contributed by atoms with E-state index in [0.717, 1.165) is 17.4 Å². The van der Waals surface area contributed by atoms with Crippen molar-refractivity contribution in [2.45, 2.75) is 39.3 Å². The first-order valence-corrected chi connectivity index (χ1v) is 6.81. The van der Waals surface area contributed by atoms with Crippen molar-refractivity contribution in [1.82, 2.24) is 18.7 Å². The van der Waals surface area contributed by atoms with Crippen LogP contribution in [-0.2, 0) is 20.6 Å². The van der Waals surface area contributed by atoms with Crippen molar-refractivity contribution in [3.63, 3.8) is 0 Å². The minimum Gasteiger partial charge on any atom is -0.324 e. The van der Waals surface area contributed by atoms with Gasteiger partial charge in [0.1, 0.15) is 5.82 Å². The maximum Gasteiger partial charge on any atom is 0.332 e. The molecule has 2 N–H and O–H groups in total. The third-order valence-electron chi connectivity index (χ3n) is 3.53. The van der Waals surface area contributed by atoms with Gasteiger partial charge >= 0.3 is 5.69 Å². The third kappa shape index (κ3) is 2.07. The maximum absolute atomic E-state index is 12.3. The van der Waals surface area contributed by atoms with Crippen LogP contribution in [0.25, 0.3) is 11.2 Å². The molecule has 2 rings (SSSR count). The average molecular weight is 279 g/mol. The van der Waals surface area contributed by atoms with Crippen LogP contribution in [0, 0.1) is 0 Å². The zero-order valence-corrected chi connectivity index (χ0v) is 12.4. The first-order valence-electron chi connectivity index (χ1n) is 6.81. The summed E-state index contributed by atoms with van der Waals surface area (Å²) in [5, 5.41) is 0. The van der Waals surface area contributed by atoms with Crippen molar-refractivity contribution < 1.29 is 0 Å². The summed E-state index contributed by atoms with van der Waals surface area (Å²) in [4.78, 5) is 28.9. The van der Waals surface area contributed by atoms with Crippen LogP contribution < -0.4 is 17.0 Å². The van der Waals surface area contributed by atoms with E-state index in [1.165, 1.54) is 7.05 Å². The summed E-state index contributed by atoms with van der Waals surface area (Å²) in [6.07, 6.45) is 1.82. The third-order valence-corrected chi connectivity index (χ3v) is 3.53. The molecule has 0 fully saturated rings. The molecule has 2 heterocycles. The molecule has 2 aromatic rings. The van der Waals surface area contributed by atoms with Gasteiger partial charge in [0.15, 0.2) is 11.2 Å². The fraction of sp³-hybridized carbons (Fsp3) is 0.615. The van der Waals surface area contributed by atoms with Gasteiger partial charge in [0.05, 0.1) is 6.04 Å². The van der Waals surface area contributed by atoms with Gasteiger partial charge in [-0.05, 0) is 13.3 Å². The second-order valence-electron chi connectivity index (χ2n) is 5.14. The Morgan fingerprint density at radius 3 is 2.45 bits per heavy atom. The number of imidazole rings is 1. The van der Waals surface area contributed by atoms with Gasteiger partial charge in [-0.3, -0.25) is 13.9 Å². The number of aromatic nitrogens is 4. The summed E-state index contributed by atoms with van der Waals surface area (Å²) in [6, 6.07) is -0.299. The molecule has 0 radical (unpaired) electrons. The van der Waals surface area contributed by atoms with Gasteiger partial charge in [-0.1, -0.05) is 13.3 Å². The quantitative estimate of drug-likeness (QED) is 0.869. The highest BCUT2D eigenvalue weighted by atomic mass is 16.2. The Morgan fingerprint density at radius 2 is 1.90 bits per heavy atom. The SMILES string of the molecule is CCCCn1c(=O)n(C)c(=O)c2c1nc(C(C)N)n2C. The Balaban J connectivity index is 2.88. The van der Waals surface area contributed by atoms with Crippen molar-refractivity contribution in [2.75, 3.05) is 0 Å². The molecule has 0 saturated carbocycles. The van der Waals surface area contributed by atoms with Crippen LogP contribution in [0.1, 0.15) is 38.6 Å². The highest BCUT2D eigenvalue weighted by molar-refractivity contribution is 5.71. The Labute approximate surface area is 116 Å². The standard InChI is InChI=1S/C13H21N5O2/c1-5-6-7-18-11-9(12(19)17(4)13(18)20)16(3)10(15-11)8(2)14/h8H,5-7,14H2,1-4H3. The van der Waals surface area contributed by atoms with Crippen LogP contribution in [0.5, 0.6) is 0 Å². The number of hydrogen-bond donors (Lipinski definition) is 1. The molecule has 20 heavy (non-hydrogen) atoms. The fourth-order valence-corrected chi connectivity index (χ4v) is 2.37. The van der Waals surface area contributed by atoms with Gasteiger partial charge in [0.2, 0.25) is 0 Å². The van der Waals surface area contributed by atoms with E-state index in [4.69, 9.17) is 5.73 Å². The molecule has 0 aliphatic heterocycles. The van der Waals surface area contributed by atoms with E-state index in [1.807, 2.05) is 0 Å². The second-order valence-corrected chi connectivity index (χ2v) is 5.14. The van der Waals surface area contributed by atoms with Gasteiger partial charge in [0, 0.05) is 20.6 Å². The highest BCUT2D eigenvalue weighted by Crippen LogP contribution is 2.14. The van der Waals surface area contributed by atoms with Crippen LogP contribution in [0.3, 0.4) is 0 Å². The molecule has 0 spiro atoms. The largest absolute Gasteiger partial charge is 0.332 e. The molecule has 0 aromatic carbocycles. The average Bonchev–Trinajstić information content (AvgIpc) is 2.74. The fourth-order valence-electron chi connectivity index (χ4n) is 2.37. The molecular weight excluding hydrogens is 258 g/mol. The summed E-state index contributed by atoms with van der Waals surface area (Å²) < 4.78 is 4.38. The monoisotopic (exact) mass is 279 g/mol. The van der Waals surface area contributed by atoms with E-state index < -0.39 is 0 Å². The molecule has 0 saturated heterocycles. The molecule has 0 amide bonds. The van der Waals surface area contributed by atoms with Crippen molar-refractivity contribution in [3.8, 4) is 0 Å². The number of aryl methyl sites for hydroxylation is 2. The predicted molar refractivity (Wildman–Crippen MR) is 77.7 cm³/mol. The van der Waals surface area contributed by atoms with Gasteiger partial charge in [-0.25, -0.2) is 9.78 Å². The molecule has 2 aromatic heterocycles. The topological polar surface area (TPSA) is 87.8 Å². The van der Waals surface area contributed by atoms with E-state index in [-0.39, 0.29) is 17.3 Å². The van der Waals surface area contributed by atoms with Crippen LogP contribution in [0.4, 0.5) is 0 Å². The molecule has 0 aliphatic rings. The number of rotatable bonds is 4. The highest BCUT2D eigenvalue weighted by Gasteiger charge is 2.19. The van der Waals surface area contributed by atoms with E-state index in [9.17, 15) is 9.59 Å². The van der Waals surface area contributed by atoms with E-state index in [0.29, 0.717) is 23.5 Å². The molecular formula is C13H21N5O2. The lowest BCUT2D eigenvalue weighted by molar-refractivity contribution is 0.583. The Bertz CT molecular complexity index is 751. The van der Waals surface area contributed by atoms with E-state index >= 15 is 0 Å². The Morgan fingerprint density at radius 1 is 1.25 bits per heavy atom. The molecule has 7 heteroatoms. The van der Waals surface area contributed by atoms with Crippen LogP contribution in [-0.4, -0.2) is 18.7 Å². The molecule has 110 valence electrons. The number of fused-ring (bicyclic) bond motifs is 1. The van der Waals surface area contributed by atoms with Crippen LogP contribution in [0.15, 0.2) is 9.59 Å². The Hall–Kier alpha value is -1.89. The van der Waals surface area contributed by atoms with Gasteiger partial charge in [0.25, 0.3) is 5.56 Å². The summed E-state index contributed by atoms with van der Waals surface area (Å²) in [5.74, 6) is 0.605. The van der Waals surface area contributed by atoms with Crippen molar-refractivity contribution in [3.05, 3.63) is 26.7 Å². The Kier molecular flexibility index (Phi) is 3.80. The minimum atomic E-state index is -0.334. The number of nitrogens with zero attached hydrogens (tertiary/aromatic N) is 4. The van der Waals surface area contributed by atoms with E-state index in [1.54, 1.807) is 23.1 Å². The zero-order valence-electron chi connectivity index (χ0n) is 12.4. The lowest BCUT2D eigenvalue weighted by Crippen LogP contribution is -2.38. The van der Waals surface area contributed by atoms with Gasteiger partial charge in [-0.15, -0.1) is 0 Å². The first-order chi connectivity index (χ1) is 9.40. The molecule has 0 aliphatic carbocycles. The molecule has 0 bridgehead atoms. The van der Waals surface area contributed by atoms with Crippen molar-refractivity contribution in [2.24, 2.45) is 19.8 Å². The van der Waals surface area contributed by atoms with Gasteiger partial charge in [-0.2, -0.15) is 0 Å². The predicted octanol–water partition coefficient (Wildman–Crippen LogP) is 0.254. The lowest BCUT2D eigenvalue weighted by Gasteiger charge is -2.08. The van der Waals surface area contributed by atoms with Crippen molar-refractivity contribution in [1.29, 1.82) is 0 Å². The number of hydrogen-bond acceptors (Lipinski definition) is 4. The first kappa shape index (κ1) is 14.5. The second kappa shape index (κ2) is 5.24. The summed E-state index contributed by atoms with van der Waals surface area (Å²) >= 11 is 0. The molecule has 7 nitrogen and oxygen atoms in total. The van der Waals surface area contributed by atoms with Crippen LogP contribution >= 0.6 is 0 Å². The minimum absolute atomic E-state index is 0.299. The summed E-state index contributed by atoms with van der Waals surface area (Å²) in [5.41, 5.74) is 6.07. The zero-order chi connectivity index (χ0) is 15.0. The smallest absolute Gasteiger partial charge is 0.324 e. The van der Waals surface area contributed by atoms with E-state index in [2.05, 4.69) is 11.9 Å². The normalized spacial score (nSPS) is 13.1. The maximum atomic E-state index is 12.3. The molecule has 1 unspecified atom stereocenters. The number of unbranched alkanes of at least 4 members (excludes halogenated alkanes) is 1. The van der Waals surface area contributed by atoms with Crippen LogP contribution in [0.2, 0.25) is 0 Å². The lowest BCUT2D eigenvalue weighted by atomic mass is 10.3. The summed E-state index contributed by atoms with van der Waals surface area (Å²) in [7, 11) is 3.25. The molecule has 1 atom stereocenters.